The van der Waals surface area contributed by atoms with Crippen molar-refractivity contribution in [2.45, 2.75) is 19.9 Å². The number of hydrogen-bond acceptors (Lipinski definition) is 5. The monoisotopic (exact) mass is 355 g/mol. The number of fused-ring (bicyclic) bond motifs is 1. The van der Waals surface area contributed by atoms with Crippen LogP contribution >= 0.6 is 0 Å². The van der Waals surface area contributed by atoms with Gasteiger partial charge in [-0.1, -0.05) is 24.3 Å². The quantitative estimate of drug-likeness (QED) is 0.538. The molecule has 1 amide bonds. The first-order valence-corrected chi connectivity index (χ1v) is 8.04. The number of nitrogens with zero attached hydrogens (tertiary/aromatic N) is 2. The highest BCUT2D eigenvalue weighted by atomic mass is 16.6. The average Bonchev–Trinajstić information content (AvgIpc) is 2.91. The molecule has 8 heteroatoms. The van der Waals surface area contributed by atoms with E-state index in [0.29, 0.717) is 13.0 Å². The Hall–Kier alpha value is -3.42. The Morgan fingerprint density at radius 2 is 2.04 bits per heavy atom. The third kappa shape index (κ3) is 3.64. The van der Waals surface area contributed by atoms with Gasteiger partial charge in [0.25, 0.3) is 5.69 Å². The number of aromatic nitrogens is 1. The summed E-state index contributed by atoms with van der Waals surface area (Å²) in [6.07, 6.45) is 0.672. The molecule has 1 heterocycles. The number of aryl methyl sites for hydroxylation is 1. The van der Waals surface area contributed by atoms with Gasteiger partial charge in [0.1, 0.15) is 6.54 Å². The predicted molar refractivity (Wildman–Crippen MR) is 95.0 cm³/mol. The van der Waals surface area contributed by atoms with Crippen molar-refractivity contribution in [2.24, 2.45) is 0 Å². The number of carbonyl (C=O) groups excluding carboxylic acids is 1. The molecule has 134 valence electrons. The Labute approximate surface area is 148 Å². The summed E-state index contributed by atoms with van der Waals surface area (Å²) in [5.41, 5.74) is 2.53. The lowest BCUT2D eigenvalue weighted by Gasteiger charge is -2.08. The Kier molecular flexibility index (Phi) is 4.83. The minimum atomic E-state index is -0.727. The molecular weight excluding hydrogens is 338 g/mol. The van der Waals surface area contributed by atoms with E-state index in [9.17, 15) is 19.7 Å². The lowest BCUT2D eigenvalue weighted by molar-refractivity contribution is -0.384. The summed E-state index contributed by atoms with van der Waals surface area (Å²) >= 11 is 0. The summed E-state index contributed by atoms with van der Waals surface area (Å²) < 4.78 is 6.12. The van der Waals surface area contributed by atoms with Gasteiger partial charge < -0.3 is 9.73 Å². The SMILES string of the molecule is Cc1ccccc1CCNC(=O)Cn1c(=O)oc2ccc([N+](=O)[O-])cc21. The van der Waals surface area contributed by atoms with Crippen LogP contribution in [0.25, 0.3) is 11.1 Å². The topological polar surface area (TPSA) is 107 Å². The summed E-state index contributed by atoms with van der Waals surface area (Å²) in [5, 5.41) is 13.6. The predicted octanol–water partition coefficient (Wildman–Crippen LogP) is 2.17. The van der Waals surface area contributed by atoms with Crippen molar-refractivity contribution in [3.63, 3.8) is 0 Å². The largest absolute Gasteiger partial charge is 0.420 e. The van der Waals surface area contributed by atoms with Crippen LogP contribution in [0.15, 0.2) is 51.7 Å². The molecule has 3 aromatic rings. The van der Waals surface area contributed by atoms with E-state index in [4.69, 9.17) is 4.42 Å². The van der Waals surface area contributed by atoms with Crippen LogP contribution in [0.5, 0.6) is 0 Å². The summed E-state index contributed by atoms with van der Waals surface area (Å²) in [6, 6.07) is 11.7. The zero-order valence-corrected chi connectivity index (χ0v) is 14.1. The second-order valence-corrected chi connectivity index (χ2v) is 5.89. The van der Waals surface area contributed by atoms with E-state index in [0.717, 1.165) is 15.7 Å². The molecule has 8 nitrogen and oxygen atoms in total. The molecule has 0 radical (unpaired) electrons. The summed E-state index contributed by atoms with van der Waals surface area (Å²) in [4.78, 5) is 34.4. The van der Waals surface area contributed by atoms with Gasteiger partial charge in [0, 0.05) is 18.7 Å². The van der Waals surface area contributed by atoms with Gasteiger partial charge in [0.2, 0.25) is 5.91 Å². The number of nitro benzene ring substituents is 1. The standard InChI is InChI=1S/C18H17N3O5/c1-12-4-2-3-5-13(12)8-9-19-17(22)11-20-15-10-14(21(24)25)6-7-16(15)26-18(20)23/h2-7,10H,8-9,11H2,1H3,(H,19,22). The molecule has 0 atom stereocenters. The maximum absolute atomic E-state index is 12.2. The first-order valence-electron chi connectivity index (χ1n) is 8.04. The fourth-order valence-electron chi connectivity index (χ4n) is 2.74. The van der Waals surface area contributed by atoms with Crippen molar-refractivity contribution in [3.05, 3.63) is 74.3 Å². The number of non-ortho nitro benzene ring substituents is 1. The number of hydrogen-bond donors (Lipinski definition) is 1. The number of carbonyl (C=O) groups is 1. The van der Waals surface area contributed by atoms with Crippen molar-refractivity contribution >= 4 is 22.7 Å². The molecule has 0 aliphatic carbocycles. The Morgan fingerprint density at radius 3 is 2.77 bits per heavy atom. The first-order chi connectivity index (χ1) is 12.5. The fourth-order valence-corrected chi connectivity index (χ4v) is 2.74. The molecule has 0 bridgehead atoms. The van der Waals surface area contributed by atoms with Gasteiger partial charge in [0.05, 0.1) is 10.4 Å². The number of amides is 1. The highest BCUT2D eigenvalue weighted by Crippen LogP contribution is 2.20. The van der Waals surface area contributed by atoms with Gasteiger partial charge in [-0.05, 0) is 30.5 Å². The van der Waals surface area contributed by atoms with Gasteiger partial charge in [-0.2, -0.15) is 0 Å². The smallest absolute Gasteiger partial charge is 0.408 e. The Morgan fingerprint density at radius 1 is 1.27 bits per heavy atom. The van der Waals surface area contributed by atoms with Crippen LogP contribution in [0, 0.1) is 17.0 Å². The lowest BCUT2D eigenvalue weighted by atomic mass is 10.1. The van der Waals surface area contributed by atoms with Gasteiger partial charge in [-0.15, -0.1) is 0 Å². The highest BCUT2D eigenvalue weighted by Gasteiger charge is 2.16. The van der Waals surface area contributed by atoms with Crippen LogP contribution in [0.3, 0.4) is 0 Å². The second kappa shape index (κ2) is 7.22. The normalized spacial score (nSPS) is 10.8. The molecule has 0 spiro atoms. The number of nitrogens with one attached hydrogen (secondary N) is 1. The molecule has 3 rings (SSSR count). The second-order valence-electron chi connectivity index (χ2n) is 5.89. The van der Waals surface area contributed by atoms with E-state index in [-0.39, 0.29) is 29.2 Å². The third-order valence-corrected chi connectivity index (χ3v) is 4.14. The van der Waals surface area contributed by atoms with E-state index < -0.39 is 10.7 Å². The van der Waals surface area contributed by atoms with Crippen LogP contribution in [-0.2, 0) is 17.8 Å². The number of benzene rings is 2. The minimum absolute atomic E-state index is 0.174. The van der Waals surface area contributed by atoms with E-state index in [2.05, 4.69) is 5.32 Å². The highest BCUT2D eigenvalue weighted by molar-refractivity contribution is 5.80. The molecule has 0 aliphatic rings. The van der Waals surface area contributed by atoms with Crippen LogP contribution in [-0.4, -0.2) is 21.9 Å². The number of nitro groups is 1. The molecule has 0 fully saturated rings. The maximum atomic E-state index is 12.2. The minimum Gasteiger partial charge on any atom is -0.408 e. The molecule has 0 saturated heterocycles. The van der Waals surface area contributed by atoms with Crippen molar-refractivity contribution in [3.8, 4) is 0 Å². The number of oxazole rings is 1. The molecule has 0 aliphatic heterocycles. The summed E-state index contributed by atoms with van der Waals surface area (Å²) in [7, 11) is 0. The number of rotatable bonds is 6. The van der Waals surface area contributed by atoms with E-state index in [1.165, 1.54) is 18.2 Å². The Balaban J connectivity index is 1.70. The lowest BCUT2D eigenvalue weighted by Crippen LogP contribution is -2.32. The van der Waals surface area contributed by atoms with Gasteiger partial charge in [-0.25, -0.2) is 4.79 Å². The van der Waals surface area contributed by atoms with Crippen molar-refractivity contribution < 1.29 is 14.1 Å². The third-order valence-electron chi connectivity index (χ3n) is 4.14. The molecule has 1 aromatic heterocycles. The maximum Gasteiger partial charge on any atom is 0.420 e. The summed E-state index contributed by atoms with van der Waals surface area (Å²) in [6.45, 7) is 2.16. The molecule has 0 saturated carbocycles. The van der Waals surface area contributed by atoms with Gasteiger partial charge >= 0.3 is 5.76 Å². The van der Waals surface area contributed by atoms with Crippen molar-refractivity contribution in [1.82, 2.24) is 9.88 Å². The molecule has 1 N–H and O–H groups in total. The van der Waals surface area contributed by atoms with E-state index in [1.54, 1.807) is 0 Å². The zero-order chi connectivity index (χ0) is 18.7. The summed E-state index contributed by atoms with van der Waals surface area (Å²) in [5.74, 6) is -1.09. The zero-order valence-electron chi connectivity index (χ0n) is 14.1. The van der Waals surface area contributed by atoms with E-state index in [1.807, 2.05) is 31.2 Å². The van der Waals surface area contributed by atoms with Crippen LogP contribution in [0.1, 0.15) is 11.1 Å². The average molecular weight is 355 g/mol. The molecule has 26 heavy (non-hydrogen) atoms. The molecule has 0 unspecified atom stereocenters. The fraction of sp³-hybridized carbons (Fsp3) is 0.222. The van der Waals surface area contributed by atoms with Crippen LogP contribution in [0.4, 0.5) is 5.69 Å². The van der Waals surface area contributed by atoms with Crippen molar-refractivity contribution in [2.75, 3.05) is 6.54 Å². The first kappa shape index (κ1) is 17.4. The van der Waals surface area contributed by atoms with Gasteiger partial charge in [-0.3, -0.25) is 19.5 Å². The van der Waals surface area contributed by atoms with Crippen molar-refractivity contribution in [1.29, 1.82) is 0 Å². The molecule has 2 aromatic carbocycles. The van der Waals surface area contributed by atoms with E-state index >= 15 is 0 Å². The Bertz CT molecular complexity index is 1030. The van der Waals surface area contributed by atoms with Gasteiger partial charge in [0.15, 0.2) is 5.58 Å². The van der Waals surface area contributed by atoms with Crippen LogP contribution < -0.4 is 11.1 Å². The van der Waals surface area contributed by atoms with Crippen LogP contribution in [0.2, 0.25) is 0 Å². The molecular formula is C18H17N3O5.